The number of phenols is 1. The monoisotopic (exact) mass is 509 g/mol. The zero-order valence-corrected chi connectivity index (χ0v) is 21.8. The van der Waals surface area contributed by atoms with Crippen LogP contribution >= 0.6 is 0 Å². The van der Waals surface area contributed by atoms with Crippen molar-refractivity contribution in [3.05, 3.63) is 53.1 Å². The topological polar surface area (TPSA) is 96.4 Å². The number of H-pyrrole nitrogens is 1. The molecule has 6 unspecified atom stereocenters. The van der Waals surface area contributed by atoms with Gasteiger partial charge in [0.15, 0.2) is 0 Å². The number of hydrogen-bond donors (Lipinski definition) is 5. The number of halogens is 1. The second-order valence-electron chi connectivity index (χ2n) is 11.6. The second kappa shape index (κ2) is 10.1. The largest absolute Gasteiger partial charge is 0.508 e. The van der Waals surface area contributed by atoms with Crippen LogP contribution in [0.15, 0.2) is 30.5 Å². The van der Waals surface area contributed by atoms with Gasteiger partial charge in [-0.25, -0.2) is 14.8 Å². The molecule has 1 aromatic carbocycles. The maximum absolute atomic E-state index is 15.9. The van der Waals surface area contributed by atoms with E-state index >= 15 is 4.39 Å². The van der Waals surface area contributed by atoms with Crippen LogP contribution in [0.1, 0.15) is 80.6 Å². The number of imidazole rings is 1. The molecule has 2 saturated carbocycles. The van der Waals surface area contributed by atoms with Gasteiger partial charge < -0.3 is 15.2 Å². The van der Waals surface area contributed by atoms with Gasteiger partial charge in [0.1, 0.15) is 17.7 Å². The molecule has 0 bridgehead atoms. The van der Waals surface area contributed by atoms with E-state index in [2.05, 4.69) is 40.7 Å². The van der Waals surface area contributed by atoms with E-state index in [1.165, 1.54) is 5.57 Å². The van der Waals surface area contributed by atoms with E-state index in [0.29, 0.717) is 12.0 Å². The normalized spacial score (nSPS) is 35.0. The molecule has 0 radical (unpaired) electrons. The molecule has 2 aliphatic carbocycles. The minimum absolute atomic E-state index is 0.0564. The van der Waals surface area contributed by atoms with Crippen molar-refractivity contribution in [2.75, 3.05) is 13.1 Å². The third kappa shape index (κ3) is 4.62. The number of nitrogens with zero attached hydrogens (tertiary/aromatic N) is 2. The predicted octanol–water partition coefficient (Wildman–Crippen LogP) is 3.98. The van der Waals surface area contributed by atoms with Gasteiger partial charge in [0.05, 0.1) is 30.1 Å². The molecule has 5 N–H and O–H groups in total. The van der Waals surface area contributed by atoms with Gasteiger partial charge in [-0.2, -0.15) is 0 Å². The van der Waals surface area contributed by atoms with Gasteiger partial charge in [-0.05, 0) is 80.2 Å². The van der Waals surface area contributed by atoms with Crippen molar-refractivity contribution in [3.8, 4) is 5.75 Å². The average molecular weight is 510 g/mol. The van der Waals surface area contributed by atoms with E-state index in [9.17, 15) is 10.2 Å². The van der Waals surface area contributed by atoms with Gasteiger partial charge in [0.2, 0.25) is 0 Å². The number of aliphatic hydroxyl groups is 1. The van der Waals surface area contributed by atoms with Crippen LogP contribution in [0.2, 0.25) is 0 Å². The van der Waals surface area contributed by atoms with Crippen molar-refractivity contribution >= 4 is 5.57 Å². The number of hydrazine groups is 1. The van der Waals surface area contributed by atoms with Crippen molar-refractivity contribution in [3.63, 3.8) is 0 Å². The Bertz CT molecular complexity index is 1150. The van der Waals surface area contributed by atoms with Gasteiger partial charge in [-0.15, -0.1) is 0 Å². The van der Waals surface area contributed by atoms with E-state index in [4.69, 9.17) is 4.98 Å². The number of aromatic hydroxyl groups is 1. The molecule has 200 valence electrons. The number of nitrogens with one attached hydrogen (secondary N) is 3. The van der Waals surface area contributed by atoms with Crippen molar-refractivity contribution < 1.29 is 14.6 Å². The molecule has 37 heavy (non-hydrogen) atoms. The standard InChI is InChI=1S/C29H40FN5O2/c1-3-17-11-20(36)6-7-22(17)23-8-9-24-27(26(23)30)33-34-28(24)29-31-14-25(32-29)18-5-4-10-35(15-18)16(2)19-12-21(37)13-19/h5-7,11,14,16,19,21,23-24,26-28,33-34,36-37H,3-4,8-10,12-13,15H2,1-2H3,(H,31,32). The van der Waals surface area contributed by atoms with Crippen molar-refractivity contribution in [2.45, 2.75) is 88.7 Å². The Morgan fingerprint density at radius 1 is 1.22 bits per heavy atom. The molecule has 2 aliphatic heterocycles. The average Bonchev–Trinajstić information content (AvgIpc) is 3.55. The van der Waals surface area contributed by atoms with Crippen LogP contribution in [-0.2, 0) is 6.42 Å². The summed E-state index contributed by atoms with van der Waals surface area (Å²) in [6.45, 7) is 6.28. The quantitative estimate of drug-likeness (QED) is 0.404. The molecule has 1 aromatic heterocycles. The lowest BCUT2D eigenvalue weighted by atomic mass is 9.71. The molecule has 7 nitrogen and oxygen atoms in total. The summed E-state index contributed by atoms with van der Waals surface area (Å²) >= 11 is 0. The molecular formula is C29H40FN5O2. The number of hydrogen-bond acceptors (Lipinski definition) is 6. The number of aromatic nitrogens is 2. The zero-order chi connectivity index (χ0) is 25.7. The lowest BCUT2D eigenvalue weighted by molar-refractivity contribution is -0.000129. The number of fused-ring (bicyclic) bond motifs is 1. The molecular weight excluding hydrogens is 469 g/mol. The summed E-state index contributed by atoms with van der Waals surface area (Å²) in [7, 11) is 0. The fraction of sp³-hybridized carbons (Fsp3) is 0.621. The molecule has 2 aromatic rings. The number of rotatable bonds is 6. The molecule has 8 heteroatoms. The number of benzene rings is 1. The van der Waals surface area contributed by atoms with Gasteiger partial charge in [-0.1, -0.05) is 19.1 Å². The maximum Gasteiger partial charge on any atom is 0.125 e. The molecule has 6 atom stereocenters. The number of alkyl halides is 1. The molecule has 6 rings (SSSR count). The minimum Gasteiger partial charge on any atom is -0.508 e. The fourth-order valence-electron chi connectivity index (χ4n) is 7.20. The van der Waals surface area contributed by atoms with Crippen LogP contribution in [0.3, 0.4) is 0 Å². The molecule has 3 heterocycles. The summed E-state index contributed by atoms with van der Waals surface area (Å²) in [5.74, 6) is 1.64. The van der Waals surface area contributed by atoms with Crippen LogP contribution in [0.4, 0.5) is 4.39 Å². The lowest BCUT2D eigenvalue weighted by Gasteiger charge is -2.43. The third-order valence-electron chi connectivity index (χ3n) is 9.56. The number of aliphatic hydroxyl groups excluding tert-OH is 1. The summed E-state index contributed by atoms with van der Waals surface area (Å²) in [4.78, 5) is 10.8. The van der Waals surface area contributed by atoms with E-state index in [1.807, 2.05) is 12.3 Å². The first-order chi connectivity index (χ1) is 17.9. The highest BCUT2D eigenvalue weighted by Crippen LogP contribution is 2.45. The highest BCUT2D eigenvalue weighted by Gasteiger charge is 2.48. The van der Waals surface area contributed by atoms with E-state index in [-0.39, 0.29) is 35.8 Å². The molecule has 0 spiro atoms. The first-order valence-electron chi connectivity index (χ1n) is 14.1. The highest BCUT2D eigenvalue weighted by atomic mass is 19.1. The van der Waals surface area contributed by atoms with Crippen LogP contribution in [0, 0.1) is 11.8 Å². The SMILES string of the molecule is CCc1cc(O)ccc1C1CCC2C(c3ncc(C4=CCCN(C(C)C5CC(O)C5)C4)[nH]3)NNC2C1F. The number of aromatic amines is 1. The summed E-state index contributed by atoms with van der Waals surface area (Å²) in [6, 6.07) is 5.49. The third-order valence-corrected chi connectivity index (χ3v) is 9.56. The molecule has 3 fully saturated rings. The van der Waals surface area contributed by atoms with Crippen LogP contribution in [-0.4, -0.2) is 62.5 Å². The number of phenolic OH excluding ortho intramolecular Hbond substituents is 1. The second-order valence-corrected chi connectivity index (χ2v) is 11.6. The van der Waals surface area contributed by atoms with Crippen molar-refractivity contribution in [2.24, 2.45) is 11.8 Å². The van der Waals surface area contributed by atoms with E-state index < -0.39 is 6.17 Å². The van der Waals surface area contributed by atoms with Gasteiger partial charge in [0, 0.05) is 31.0 Å². The number of aryl methyl sites for hydroxylation is 1. The maximum atomic E-state index is 15.9. The summed E-state index contributed by atoms with van der Waals surface area (Å²) in [5, 5.41) is 19.6. The lowest BCUT2D eigenvalue weighted by Crippen LogP contribution is -2.47. The van der Waals surface area contributed by atoms with Gasteiger partial charge in [-0.3, -0.25) is 10.3 Å². The highest BCUT2D eigenvalue weighted by molar-refractivity contribution is 5.64. The summed E-state index contributed by atoms with van der Waals surface area (Å²) in [6.07, 6.45) is 8.41. The van der Waals surface area contributed by atoms with Crippen LogP contribution in [0.5, 0.6) is 5.75 Å². The van der Waals surface area contributed by atoms with E-state index in [1.54, 1.807) is 12.1 Å². The Labute approximate surface area is 218 Å². The van der Waals surface area contributed by atoms with Crippen LogP contribution < -0.4 is 10.9 Å². The van der Waals surface area contributed by atoms with Gasteiger partial charge >= 0.3 is 0 Å². The smallest absolute Gasteiger partial charge is 0.125 e. The Kier molecular flexibility index (Phi) is 6.86. The summed E-state index contributed by atoms with van der Waals surface area (Å²) < 4.78 is 15.9. The minimum atomic E-state index is -1.01. The first-order valence-corrected chi connectivity index (χ1v) is 14.1. The van der Waals surface area contributed by atoms with E-state index in [0.717, 1.165) is 74.3 Å². The van der Waals surface area contributed by atoms with Gasteiger partial charge in [0.25, 0.3) is 0 Å². The molecule has 1 saturated heterocycles. The Morgan fingerprint density at radius 2 is 2.05 bits per heavy atom. The Balaban J connectivity index is 1.13. The summed E-state index contributed by atoms with van der Waals surface area (Å²) in [5.41, 5.74) is 11.0. The van der Waals surface area contributed by atoms with Crippen molar-refractivity contribution in [1.82, 2.24) is 25.7 Å². The Hall–Kier alpha value is -2.26. The molecule has 4 aliphatic rings. The molecule has 0 amide bonds. The predicted molar refractivity (Wildman–Crippen MR) is 142 cm³/mol. The van der Waals surface area contributed by atoms with Crippen LogP contribution in [0.25, 0.3) is 5.57 Å². The zero-order valence-electron chi connectivity index (χ0n) is 21.8. The van der Waals surface area contributed by atoms with Crippen molar-refractivity contribution in [1.29, 1.82) is 0 Å². The Morgan fingerprint density at radius 3 is 2.84 bits per heavy atom. The first kappa shape index (κ1) is 25.0. The fourth-order valence-corrected chi connectivity index (χ4v) is 7.20.